The lowest BCUT2D eigenvalue weighted by Gasteiger charge is -2.36. The molecule has 2 saturated carbocycles. The molecule has 0 aliphatic heterocycles. The van der Waals surface area contributed by atoms with Gasteiger partial charge >= 0.3 is 5.97 Å². The number of Topliss-reactive ketones (excluding diaryl/α,β-unsaturated/α-hetero) is 1. The van der Waals surface area contributed by atoms with Crippen molar-refractivity contribution in [2.75, 3.05) is 18.8 Å². The number of carboxylic acid groups (broad SMARTS) is 1. The Labute approximate surface area is 135 Å². The van der Waals surface area contributed by atoms with Crippen LogP contribution in [0.4, 0.5) is 0 Å². The fraction of sp³-hybridized carbons (Fsp3) is 0.786. The van der Waals surface area contributed by atoms with Crippen molar-refractivity contribution in [1.82, 2.24) is 10.0 Å². The van der Waals surface area contributed by atoms with E-state index in [2.05, 4.69) is 10.0 Å². The molecule has 0 unspecified atom stereocenters. The molecule has 0 spiro atoms. The predicted octanol–water partition coefficient (Wildman–Crippen LogP) is -0.498. The summed E-state index contributed by atoms with van der Waals surface area (Å²) in [4.78, 5) is 34.1. The van der Waals surface area contributed by atoms with Gasteiger partial charge in [-0.25, -0.2) is 13.1 Å². The Morgan fingerprint density at radius 3 is 2.43 bits per heavy atom. The molecule has 0 aromatic heterocycles. The molecular weight excluding hydrogens is 324 g/mol. The largest absolute Gasteiger partial charge is 0.480 e. The highest BCUT2D eigenvalue weighted by atomic mass is 32.2. The van der Waals surface area contributed by atoms with Crippen molar-refractivity contribution in [1.29, 1.82) is 0 Å². The molecule has 0 radical (unpaired) electrons. The summed E-state index contributed by atoms with van der Waals surface area (Å²) in [5.41, 5.74) is -1.26. The average molecular weight is 346 g/mol. The van der Waals surface area contributed by atoms with Gasteiger partial charge < -0.3 is 10.4 Å². The molecular formula is C14H22N2O6S. The fourth-order valence-corrected chi connectivity index (χ4v) is 5.67. The monoisotopic (exact) mass is 346 g/mol. The number of aliphatic carboxylic acids is 1. The van der Waals surface area contributed by atoms with Gasteiger partial charge in [-0.15, -0.1) is 0 Å². The standard InChI is InChI=1S/C14H22N2O6S/c1-13(2)9-3-4-14(13,10(17)5-9)8-23(21,22)16-6-11(18)15-7-12(19)20/h9,16H,3-8H2,1-2H3,(H,15,18)(H,19,20)/t9-,14-/m0/s1. The molecule has 3 N–H and O–H groups in total. The quantitative estimate of drug-likeness (QED) is 0.570. The van der Waals surface area contributed by atoms with Gasteiger partial charge in [-0.05, 0) is 24.2 Å². The first-order valence-electron chi connectivity index (χ1n) is 7.49. The summed E-state index contributed by atoms with van der Waals surface area (Å²) in [6, 6.07) is 0. The minimum absolute atomic E-state index is 0.0144. The van der Waals surface area contributed by atoms with Crippen LogP contribution < -0.4 is 10.0 Å². The summed E-state index contributed by atoms with van der Waals surface area (Å²) in [5.74, 6) is -2.07. The second-order valence-corrected chi connectivity index (χ2v) is 8.72. The number of sulfonamides is 1. The van der Waals surface area contributed by atoms with E-state index in [0.717, 1.165) is 6.42 Å². The van der Waals surface area contributed by atoms with Gasteiger partial charge in [-0.3, -0.25) is 14.4 Å². The lowest BCUT2D eigenvalue weighted by Crippen LogP contribution is -2.47. The van der Waals surface area contributed by atoms with Crippen LogP contribution in [0.1, 0.15) is 33.1 Å². The summed E-state index contributed by atoms with van der Waals surface area (Å²) in [7, 11) is -3.83. The smallest absolute Gasteiger partial charge is 0.322 e. The number of ketones is 1. The number of amides is 1. The highest BCUT2D eigenvalue weighted by Crippen LogP contribution is 2.64. The van der Waals surface area contributed by atoms with E-state index in [0.29, 0.717) is 12.8 Å². The van der Waals surface area contributed by atoms with Gasteiger partial charge in [0, 0.05) is 11.8 Å². The number of nitrogens with one attached hydrogen (secondary N) is 2. The Bertz CT molecular complexity index is 642. The van der Waals surface area contributed by atoms with E-state index in [4.69, 9.17) is 5.11 Å². The van der Waals surface area contributed by atoms with Crippen molar-refractivity contribution in [3.05, 3.63) is 0 Å². The first-order valence-corrected chi connectivity index (χ1v) is 9.14. The Morgan fingerprint density at radius 2 is 1.96 bits per heavy atom. The molecule has 2 aliphatic rings. The van der Waals surface area contributed by atoms with Crippen LogP contribution in [0.2, 0.25) is 0 Å². The third-order valence-electron chi connectivity index (χ3n) is 5.46. The molecule has 2 aliphatic carbocycles. The molecule has 23 heavy (non-hydrogen) atoms. The summed E-state index contributed by atoms with van der Waals surface area (Å²) in [5, 5.41) is 10.5. The third kappa shape index (κ3) is 3.25. The van der Waals surface area contributed by atoms with Gasteiger partial charge in [0.1, 0.15) is 12.3 Å². The van der Waals surface area contributed by atoms with Gasteiger partial charge in [-0.2, -0.15) is 0 Å². The van der Waals surface area contributed by atoms with E-state index in [-0.39, 0.29) is 22.9 Å². The van der Waals surface area contributed by atoms with Crippen LogP contribution in [0.15, 0.2) is 0 Å². The Kier molecular flexibility index (Phi) is 4.55. The summed E-state index contributed by atoms with van der Waals surface area (Å²) in [6.07, 6.45) is 1.81. The van der Waals surface area contributed by atoms with Crippen molar-refractivity contribution in [2.24, 2.45) is 16.7 Å². The maximum Gasteiger partial charge on any atom is 0.322 e. The summed E-state index contributed by atoms with van der Waals surface area (Å²) in [6.45, 7) is 2.76. The maximum atomic E-state index is 12.3. The van der Waals surface area contributed by atoms with Crippen molar-refractivity contribution < 1.29 is 27.9 Å². The zero-order valence-corrected chi connectivity index (χ0v) is 14.0. The molecule has 1 amide bonds. The number of carbonyl (C=O) groups excluding carboxylic acids is 2. The minimum Gasteiger partial charge on any atom is -0.480 e. The highest BCUT2D eigenvalue weighted by Gasteiger charge is 2.65. The van der Waals surface area contributed by atoms with E-state index in [1.54, 1.807) is 0 Å². The van der Waals surface area contributed by atoms with Gasteiger partial charge in [-0.1, -0.05) is 13.8 Å². The Balaban J connectivity index is 2.00. The zero-order chi connectivity index (χ0) is 17.5. The molecule has 2 atom stereocenters. The molecule has 9 heteroatoms. The lowest BCUT2D eigenvalue weighted by atomic mass is 9.70. The molecule has 0 aromatic carbocycles. The molecule has 0 saturated heterocycles. The van der Waals surface area contributed by atoms with Crippen LogP contribution in [0.25, 0.3) is 0 Å². The molecule has 2 bridgehead atoms. The van der Waals surface area contributed by atoms with Crippen LogP contribution in [0.3, 0.4) is 0 Å². The SMILES string of the molecule is CC1(C)[C@H]2CC[C@]1(CS(=O)(=O)NCC(=O)NCC(=O)O)C(=O)C2. The van der Waals surface area contributed by atoms with Crippen LogP contribution in [-0.2, 0) is 24.4 Å². The molecule has 2 rings (SSSR count). The number of hydrogen-bond donors (Lipinski definition) is 3. The number of fused-ring (bicyclic) bond motifs is 2. The third-order valence-corrected chi connectivity index (χ3v) is 6.92. The normalized spacial score (nSPS) is 28.8. The zero-order valence-electron chi connectivity index (χ0n) is 13.2. The molecule has 130 valence electrons. The maximum absolute atomic E-state index is 12.3. The van der Waals surface area contributed by atoms with Crippen molar-refractivity contribution in [3.63, 3.8) is 0 Å². The molecule has 0 heterocycles. The minimum atomic E-state index is -3.83. The lowest BCUT2D eigenvalue weighted by molar-refractivity contribution is -0.137. The van der Waals surface area contributed by atoms with E-state index in [1.165, 1.54) is 0 Å². The van der Waals surface area contributed by atoms with Gasteiger partial charge in [0.15, 0.2) is 0 Å². The molecule has 0 aromatic rings. The van der Waals surface area contributed by atoms with Crippen molar-refractivity contribution >= 4 is 27.7 Å². The Morgan fingerprint density at radius 1 is 1.30 bits per heavy atom. The van der Waals surface area contributed by atoms with Crippen LogP contribution >= 0.6 is 0 Å². The van der Waals surface area contributed by atoms with Crippen LogP contribution in [0.5, 0.6) is 0 Å². The van der Waals surface area contributed by atoms with Gasteiger partial charge in [0.25, 0.3) is 0 Å². The molecule has 2 fully saturated rings. The number of hydrogen-bond acceptors (Lipinski definition) is 5. The molecule has 8 nitrogen and oxygen atoms in total. The van der Waals surface area contributed by atoms with Crippen molar-refractivity contribution in [2.45, 2.75) is 33.1 Å². The first kappa shape index (κ1) is 17.9. The van der Waals surface area contributed by atoms with E-state index in [1.807, 2.05) is 13.8 Å². The van der Waals surface area contributed by atoms with Crippen LogP contribution in [0, 0.1) is 16.7 Å². The highest BCUT2D eigenvalue weighted by molar-refractivity contribution is 7.89. The average Bonchev–Trinajstić information content (AvgIpc) is 2.76. The Hall–Kier alpha value is -1.48. The van der Waals surface area contributed by atoms with Gasteiger partial charge in [0.05, 0.1) is 12.3 Å². The number of carbonyl (C=O) groups is 3. The topological polar surface area (TPSA) is 130 Å². The number of carboxylic acids is 1. The second kappa shape index (κ2) is 5.86. The number of rotatable bonds is 7. The summed E-state index contributed by atoms with van der Waals surface area (Å²) < 4.78 is 26.7. The first-order chi connectivity index (χ1) is 10.5. The second-order valence-electron chi connectivity index (χ2n) is 6.92. The predicted molar refractivity (Wildman–Crippen MR) is 81.0 cm³/mol. The van der Waals surface area contributed by atoms with E-state index < -0.39 is 40.4 Å². The van der Waals surface area contributed by atoms with Gasteiger partial charge in [0.2, 0.25) is 15.9 Å². The summed E-state index contributed by atoms with van der Waals surface area (Å²) >= 11 is 0. The fourth-order valence-electron chi connectivity index (χ4n) is 3.90. The van der Waals surface area contributed by atoms with E-state index in [9.17, 15) is 22.8 Å². The van der Waals surface area contributed by atoms with Crippen molar-refractivity contribution in [3.8, 4) is 0 Å². The van der Waals surface area contributed by atoms with E-state index >= 15 is 0 Å². The van der Waals surface area contributed by atoms with Crippen LogP contribution in [-0.4, -0.2) is 50.0 Å².